The van der Waals surface area contributed by atoms with E-state index in [2.05, 4.69) is 19.2 Å². The fourth-order valence-corrected chi connectivity index (χ4v) is 1.50. The Labute approximate surface area is 104 Å². The number of amides is 1. The summed E-state index contributed by atoms with van der Waals surface area (Å²) in [6.07, 6.45) is 1.51. The highest BCUT2D eigenvalue weighted by Gasteiger charge is 2.14. The Hall–Kier alpha value is -1.06. The third kappa shape index (κ3) is 7.77. The van der Waals surface area contributed by atoms with Crippen LogP contribution in [0.2, 0.25) is 0 Å². The normalized spacial score (nSPS) is 14.2. The minimum absolute atomic E-state index is 0.0361. The summed E-state index contributed by atoms with van der Waals surface area (Å²) in [6, 6.07) is 0. The summed E-state index contributed by atoms with van der Waals surface area (Å²) in [5, 5.41) is 2.58. The second-order valence-electron chi connectivity index (χ2n) is 4.96. The molecule has 4 heteroatoms. The molecular weight excluding hydrogens is 218 g/mol. The van der Waals surface area contributed by atoms with E-state index in [4.69, 9.17) is 4.74 Å². The van der Waals surface area contributed by atoms with Crippen molar-refractivity contribution in [3.05, 3.63) is 0 Å². The predicted molar refractivity (Wildman–Crippen MR) is 67.5 cm³/mol. The molecule has 0 unspecified atom stereocenters. The van der Waals surface area contributed by atoms with Crippen LogP contribution in [0.5, 0.6) is 0 Å². The summed E-state index contributed by atoms with van der Waals surface area (Å²) in [5.74, 6) is -0.0286. The van der Waals surface area contributed by atoms with E-state index in [1.807, 2.05) is 20.8 Å². The van der Waals surface area contributed by atoms with Crippen LogP contribution in [0.4, 0.5) is 0 Å². The molecule has 2 atom stereocenters. The summed E-state index contributed by atoms with van der Waals surface area (Å²) in [4.78, 5) is 22.8. The van der Waals surface area contributed by atoms with Gasteiger partial charge in [0, 0.05) is 5.92 Å². The summed E-state index contributed by atoms with van der Waals surface area (Å²) < 4.78 is 5.17. The zero-order valence-corrected chi connectivity index (χ0v) is 11.6. The highest BCUT2D eigenvalue weighted by Crippen LogP contribution is 2.07. The Balaban J connectivity index is 3.83. The van der Waals surface area contributed by atoms with Crippen LogP contribution in [0, 0.1) is 11.8 Å². The molecule has 0 spiro atoms. The molecule has 100 valence electrons. The van der Waals surface area contributed by atoms with Gasteiger partial charge in [0.2, 0.25) is 5.91 Å². The third-order valence-electron chi connectivity index (χ3n) is 2.60. The van der Waals surface area contributed by atoms with E-state index in [0.29, 0.717) is 5.92 Å². The molecule has 0 saturated carbocycles. The van der Waals surface area contributed by atoms with Crippen LogP contribution in [0.25, 0.3) is 0 Å². The van der Waals surface area contributed by atoms with E-state index in [-0.39, 0.29) is 30.4 Å². The van der Waals surface area contributed by atoms with Crippen molar-refractivity contribution in [2.75, 3.05) is 6.54 Å². The average molecular weight is 243 g/mol. The van der Waals surface area contributed by atoms with Gasteiger partial charge in [0.25, 0.3) is 0 Å². The molecule has 1 amide bonds. The second-order valence-corrected chi connectivity index (χ2v) is 4.96. The molecule has 0 aromatic rings. The van der Waals surface area contributed by atoms with E-state index >= 15 is 0 Å². The van der Waals surface area contributed by atoms with Gasteiger partial charge in [0.15, 0.2) is 0 Å². The van der Waals surface area contributed by atoms with Gasteiger partial charge in [-0.3, -0.25) is 9.59 Å². The largest absolute Gasteiger partial charge is 0.461 e. The number of rotatable bonds is 7. The second kappa shape index (κ2) is 8.09. The predicted octanol–water partition coefficient (Wildman–Crippen LogP) is 2.13. The van der Waals surface area contributed by atoms with Crippen LogP contribution in [-0.4, -0.2) is 24.5 Å². The fourth-order valence-electron chi connectivity index (χ4n) is 1.50. The molecule has 0 heterocycles. The first-order chi connectivity index (χ1) is 7.86. The van der Waals surface area contributed by atoms with Gasteiger partial charge < -0.3 is 10.1 Å². The number of nitrogens with one attached hydrogen (secondary N) is 1. The quantitative estimate of drug-likeness (QED) is 0.697. The van der Waals surface area contributed by atoms with Gasteiger partial charge in [-0.2, -0.15) is 0 Å². The van der Waals surface area contributed by atoms with Crippen molar-refractivity contribution < 1.29 is 14.3 Å². The Bertz CT molecular complexity index is 251. The summed E-state index contributed by atoms with van der Waals surface area (Å²) in [5.41, 5.74) is 0. The molecule has 1 N–H and O–H groups in total. The Kier molecular flexibility index (Phi) is 7.59. The molecule has 4 nitrogen and oxygen atoms in total. The first kappa shape index (κ1) is 15.9. The number of esters is 1. The van der Waals surface area contributed by atoms with Crippen molar-refractivity contribution in [2.45, 2.75) is 53.6 Å². The number of ether oxygens (including phenoxy) is 1. The summed E-state index contributed by atoms with van der Waals surface area (Å²) in [7, 11) is 0. The van der Waals surface area contributed by atoms with E-state index in [1.165, 1.54) is 0 Å². The van der Waals surface area contributed by atoms with Crippen molar-refractivity contribution >= 4 is 11.9 Å². The lowest BCUT2D eigenvalue weighted by atomic mass is 10.1. The molecule has 0 rings (SSSR count). The maximum absolute atomic E-state index is 11.4. The molecule has 0 radical (unpaired) electrons. The molecule has 0 aliphatic rings. The van der Waals surface area contributed by atoms with Crippen molar-refractivity contribution in [1.82, 2.24) is 5.32 Å². The van der Waals surface area contributed by atoms with E-state index in [0.717, 1.165) is 12.8 Å². The molecule has 17 heavy (non-hydrogen) atoms. The van der Waals surface area contributed by atoms with Crippen LogP contribution in [0.15, 0.2) is 0 Å². The molecule has 0 aliphatic heterocycles. The Morgan fingerprint density at radius 2 is 1.76 bits per heavy atom. The minimum Gasteiger partial charge on any atom is -0.461 e. The molecular formula is C13H25NO3. The zero-order chi connectivity index (χ0) is 13.4. The molecule has 0 fully saturated rings. The smallest absolute Gasteiger partial charge is 0.325 e. The lowest BCUT2D eigenvalue weighted by molar-refractivity contribution is -0.149. The highest BCUT2D eigenvalue weighted by molar-refractivity contribution is 5.83. The highest BCUT2D eigenvalue weighted by atomic mass is 16.5. The van der Waals surface area contributed by atoms with Crippen LogP contribution in [0.3, 0.4) is 0 Å². The molecule has 0 aromatic heterocycles. The van der Waals surface area contributed by atoms with Gasteiger partial charge in [-0.15, -0.1) is 0 Å². The first-order valence-electron chi connectivity index (χ1n) is 6.34. The van der Waals surface area contributed by atoms with Crippen LogP contribution >= 0.6 is 0 Å². The standard InChI is InChI=1S/C13H25NO3/c1-6-10(4)13(16)14-8-12(15)17-11(5)7-9(2)3/h9-11H,6-8H2,1-5H3,(H,14,16)/t10-,11-/m0/s1. The Morgan fingerprint density at radius 1 is 1.18 bits per heavy atom. The maximum atomic E-state index is 11.4. The number of hydrogen-bond acceptors (Lipinski definition) is 3. The molecule has 0 aliphatic carbocycles. The van der Waals surface area contributed by atoms with Gasteiger partial charge in [-0.05, 0) is 25.7 Å². The number of carbonyl (C=O) groups is 2. The summed E-state index contributed by atoms with van der Waals surface area (Å²) >= 11 is 0. The van der Waals surface area contributed by atoms with Crippen molar-refractivity contribution in [1.29, 1.82) is 0 Å². The van der Waals surface area contributed by atoms with Gasteiger partial charge in [0.1, 0.15) is 6.54 Å². The summed E-state index contributed by atoms with van der Waals surface area (Å²) in [6.45, 7) is 9.76. The van der Waals surface area contributed by atoms with Crippen molar-refractivity contribution in [2.24, 2.45) is 11.8 Å². The maximum Gasteiger partial charge on any atom is 0.325 e. The topological polar surface area (TPSA) is 55.4 Å². The van der Waals surface area contributed by atoms with Gasteiger partial charge >= 0.3 is 5.97 Å². The fraction of sp³-hybridized carbons (Fsp3) is 0.846. The lowest BCUT2D eigenvalue weighted by Crippen LogP contribution is -2.35. The zero-order valence-electron chi connectivity index (χ0n) is 11.6. The van der Waals surface area contributed by atoms with Crippen LogP contribution in [0.1, 0.15) is 47.5 Å². The number of carbonyl (C=O) groups excluding carboxylic acids is 2. The van der Waals surface area contributed by atoms with E-state index < -0.39 is 0 Å². The lowest BCUT2D eigenvalue weighted by Gasteiger charge is -2.16. The monoisotopic (exact) mass is 243 g/mol. The van der Waals surface area contributed by atoms with Crippen molar-refractivity contribution in [3.63, 3.8) is 0 Å². The van der Waals surface area contributed by atoms with E-state index in [1.54, 1.807) is 0 Å². The number of hydrogen-bond donors (Lipinski definition) is 1. The molecule has 0 saturated heterocycles. The average Bonchev–Trinajstić information content (AvgIpc) is 2.23. The SMILES string of the molecule is CC[C@H](C)C(=O)NCC(=O)O[C@@H](C)CC(C)C. The Morgan fingerprint density at radius 3 is 2.24 bits per heavy atom. The van der Waals surface area contributed by atoms with E-state index in [9.17, 15) is 9.59 Å². The van der Waals surface area contributed by atoms with Crippen LogP contribution < -0.4 is 5.32 Å². The molecule has 0 bridgehead atoms. The van der Waals surface area contributed by atoms with Crippen LogP contribution in [-0.2, 0) is 14.3 Å². The van der Waals surface area contributed by atoms with Gasteiger partial charge in [-0.1, -0.05) is 27.7 Å². The van der Waals surface area contributed by atoms with Crippen molar-refractivity contribution in [3.8, 4) is 0 Å². The minimum atomic E-state index is -0.366. The third-order valence-corrected chi connectivity index (χ3v) is 2.60. The first-order valence-corrected chi connectivity index (χ1v) is 6.34. The van der Waals surface area contributed by atoms with Gasteiger partial charge in [0.05, 0.1) is 6.10 Å². The van der Waals surface area contributed by atoms with Gasteiger partial charge in [-0.25, -0.2) is 0 Å². The molecule has 0 aromatic carbocycles.